The normalized spacial score (nSPS) is 11.1. The molecule has 1 heterocycles. The first-order valence-electron chi connectivity index (χ1n) is 6.83. The van der Waals surface area contributed by atoms with E-state index in [0.717, 1.165) is 0 Å². The van der Waals surface area contributed by atoms with E-state index in [1.54, 1.807) is 19.1 Å². The zero-order chi connectivity index (χ0) is 16.4. The van der Waals surface area contributed by atoms with Crippen molar-refractivity contribution in [2.45, 2.75) is 19.9 Å². The molecule has 0 unspecified atom stereocenters. The highest BCUT2D eigenvalue weighted by atomic mass is 16.5. The smallest absolute Gasteiger partial charge is 0.340 e. The van der Waals surface area contributed by atoms with Crippen LogP contribution in [-0.2, 0) is 22.5 Å². The number of rotatable bonds is 4. The van der Waals surface area contributed by atoms with Crippen molar-refractivity contribution in [2.24, 2.45) is 0 Å². The summed E-state index contributed by atoms with van der Waals surface area (Å²) in [5.41, 5.74) is 1.26. The zero-order valence-electron chi connectivity index (χ0n) is 13.1. The minimum Gasteiger partial charge on any atom is -0.507 e. The van der Waals surface area contributed by atoms with E-state index in [2.05, 4.69) is 4.74 Å². The molecule has 6 nitrogen and oxygen atoms in total. The molecule has 0 aliphatic carbocycles. The van der Waals surface area contributed by atoms with Crippen molar-refractivity contribution in [3.8, 4) is 5.75 Å². The molecule has 0 saturated heterocycles. The summed E-state index contributed by atoms with van der Waals surface area (Å²) in [6.07, 6.45) is -0.134. The molecule has 2 aromatic rings. The molecule has 0 bridgehead atoms. The van der Waals surface area contributed by atoms with Crippen LogP contribution in [0.2, 0.25) is 0 Å². The fraction of sp³-hybridized carbons (Fsp3) is 0.375. The number of ether oxygens (including phenoxy) is 1. The Balaban J connectivity index is 2.70. The molecule has 0 amide bonds. The van der Waals surface area contributed by atoms with E-state index in [0.29, 0.717) is 28.6 Å². The van der Waals surface area contributed by atoms with Crippen LogP contribution in [0.1, 0.15) is 16.7 Å². The van der Waals surface area contributed by atoms with E-state index in [1.165, 1.54) is 7.11 Å². The molecule has 118 valence electrons. The Morgan fingerprint density at radius 1 is 1.32 bits per heavy atom. The van der Waals surface area contributed by atoms with Crippen molar-refractivity contribution < 1.29 is 19.1 Å². The molecule has 0 fully saturated rings. The van der Waals surface area contributed by atoms with Crippen molar-refractivity contribution in [3.05, 3.63) is 39.2 Å². The van der Waals surface area contributed by atoms with Gasteiger partial charge >= 0.3 is 11.6 Å². The molecule has 0 atom stereocenters. The van der Waals surface area contributed by atoms with Crippen LogP contribution < -0.4 is 5.63 Å². The average molecular weight is 305 g/mol. The van der Waals surface area contributed by atoms with E-state index in [4.69, 9.17) is 4.42 Å². The molecular weight excluding hydrogens is 286 g/mol. The van der Waals surface area contributed by atoms with Crippen LogP contribution in [0.25, 0.3) is 11.0 Å². The standard InChI is InChI=1S/C16H19NO5/c1-9-10-5-6-13(18)12(8-17(2)3)15(10)22-16(20)11(9)7-14(19)21-4/h5-6,18H,7-8H2,1-4H3. The molecule has 1 N–H and O–H groups in total. The van der Waals surface area contributed by atoms with Gasteiger partial charge in [-0.15, -0.1) is 0 Å². The Labute approximate surface area is 127 Å². The fourth-order valence-electron chi connectivity index (χ4n) is 2.39. The van der Waals surface area contributed by atoms with Crippen molar-refractivity contribution >= 4 is 16.9 Å². The topological polar surface area (TPSA) is 80.0 Å². The molecule has 0 radical (unpaired) electrons. The van der Waals surface area contributed by atoms with Crippen molar-refractivity contribution in [2.75, 3.05) is 21.2 Å². The average Bonchev–Trinajstić information content (AvgIpc) is 2.46. The van der Waals surface area contributed by atoms with E-state index in [1.807, 2.05) is 19.0 Å². The van der Waals surface area contributed by atoms with Gasteiger partial charge in [0.05, 0.1) is 24.7 Å². The van der Waals surface area contributed by atoms with Crippen LogP contribution in [0, 0.1) is 6.92 Å². The van der Waals surface area contributed by atoms with Gasteiger partial charge in [-0.1, -0.05) is 0 Å². The molecule has 22 heavy (non-hydrogen) atoms. The van der Waals surface area contributed by atoms with E-state index < -0.39 is 11.6 Å². The summed E-state index contributed by atoms with van der Waals surface area (Å²) in [4.78, 5) is 25.5. The second-order valence-electron chi connectivity index (χ2n) is 5.42. The number of methoxy groups -OCH3 is 1. The largest absolute Gasteiger partial charge is 0.507 e. The first-order valence-corrected chi connectivity index (χ1v) is 6.83. The first-order chi connectivity index (χ1) is 10.3. The quantitative estimate of drug-likeness (QED) is 0.682. The minimum atomic E-state index is -0.582. The maximum absolute atomic E-state index is 12.2. The van der Waals surface area contributed by atoms with Gasteiger partial charge in [0.15, 0.2) is 0 Å². The maximum Gasteiger partial charge on any atom is 0.340 e. The molecule has 0 spiro atoms. The van der Waals surface area contributed by atoms with Gasteiger partial charge in [0.2, 0.25) is 0 Å². The highest BCUT2D eigenvalue weighted by molar-refractivity contribution is 5.86. The molecule has 6 heteroatoms. The van der Waals surface area contributed by atoms with Gasteiger partial charge in [0.25, 0.3) is 0 Å². The van der Waals surface area contributed by atoms with Gasteiger partial charge in [-0.25, -0.2) is 4.79 Å². The van der Waals surface area contributed by atoms with Crippen LogP contribution in [0.4, 0.5) is 0 Å². The number of benzene rings is 1. The lowest BCUT2D eigenvalue weighted by Gasteiger charge is -2.14. The van der Waals surface area contributed by atoms with Crippen molar-refractivity contribution in [3.63, 3.8) is 0 Å². The summed E-state index contributed by atoms with van der Waals surface area (Å²) >= 11 is 0. The number of hydrogen-bond donors (Lipinski definition) is 1. The molecule has 0 aliphatic heterocycles. The Hall–Kier alpha value is -2.34. The molecule has 1 aromatic heterocycles. The SMILES string of the molecule is COC(=O)Cc1c(C)c2ccc(O)c(CN(C)C)c2oc1=O. The summed E-state index contributed by atoms with van der Waals surface area (Å²) in [7, 11) is 4.98. The van der Waals surface area contributed by atoms with Crippen molar-refractivity contribution in [1.29, 1.82) is 0 Å². The number of carbonyl (C=O) groups excluding carboxylic acids is 1. The number of aryl methyl sites for hydroxylation is 1. The summed E-state index contributed by atoms with van der Waals surface area (Å²) in [5, 5.41) is 10.7. The summed E-state index contributed by atoms with van der Waals surface area (Å²) < 4.78 is 9.99. The van der Waals surface area contributed by atoms with Gasteiger partial charge in [0, 0.05) is 11.9 Å². The summed E-state index contributed by atoms with van der Waals surface area (Å²) in [6, 6.07) is 3.25. The van der Waals surface area contributed by atoms with E-state index in [-0.39, 0.29) is 17.7 Å². The summed E-state index contributed by atoms with van der Waals surface area (Å²) in [6.45, 7) is 2.19. The van der Waals surface area contributed by atoms with Crippen molar-refractivity contribution in [1.82, 2.24) is 4.90 Å². The fourth-order valence-corrected chi connectivity index (χ4v) is 2.39. The van der Waals surface area contributed by atoms with Crippen LogP contribution in [0.15, 0.2) is 21.3 Å². The third-order valence-electron chi connectivity index (χ3n) is 3.56. The molecule has 0 saturated carbocycles. The molecular formula is C16H19NO5. The maximum atomic E-state index is 12.2. The monoisotopic (exact) mass is 305 g/mol. The Morgan fingerprint density at radius 3 is 2.59 bits per heavy atom. The molecule has 0 aliphatic rings. The third kappa shape index (κ3) is 2.96. The number of aromatic hydroxyl groups is 1. The number of phenolic OH excluding ortho intramolecular Hbond substituents is 1. The Morgan fingerprint density at radius 2 is 2.00 bits per heavy atom. The second-order valence-corrected chi connectivity index (χ2v) is 5.42. The van der Waals surface area contributed by atoms with Crippen LogP contribution >= 0.6 is 0 Å². The van der Waals surface area contributed by atoms with E-state index >= 15 is 0 Å². The lowest BCUT2D eigenvalue weighted by molar-refractivity contribution is -0.139. The number of esters is 1. The van der Waals surface area contributed by atoms with Crippen LogP contribution in [0.3, 0.4) is 0 Å². The van der Waals surface area contributed by atoms with E-state index in [9.17, 15) is 14.7 Å². The summed E-state index contributed by atoms with van der Waals surface area (Å²) in [5.74, 6) is -0.425. The van der Waals surface area contributed by atoms with Gasteiger partial charge in [-0.3, -0.25) is 4.79 Å². The number of hydrogen-bond acceptors (Lipinski definition) is 6. The first kappa shape index (κ1) is 16.0. The predicted molar refractivity (Wildman–Crippen MR) is 82.0 cm³/mol. The molecule has 2 rings (SSSR count). The number of fused-ring (bicyclic) bond motifs is 1. The van der Waals surface area contributed by atoms with Gasteiger partial charge in [-0.05, 0) is 38.7 Å². The predicted octanol–water partition coefficient (Wildman–Crippen LogP) is 1.58. The van der Waals surface area contributed by atoms with Gasteiger partial charge in [-0.2, -0.15) is 0 Å². The number of phenols is 1. The Kier molecular flexibility index (Phi) is 4.51. The zero-order valence-corrected chi connectivity index (χ0v) is 13.1. The van der Waals surface area contributed by atoms with Crippen LogP contribution in [0.5, 0.6) is 5.75 Å². The number of nitrogens with zero attached hydrogens (tertiary/aromatic N) is 1. The highest BCUT2D eigenvalue weighted by Crippen LogP contribution is 2.30. The lowest BCUT2D eigenvalue weighted by atomic mass is 10.0. The minimum absolute atomic E-state index is 0.0736. The van der Waals surface area contributed by atoms with Gasteiger partial charge in [0.1, 0.15) is 11.3 Å². The van der Waals surface area contributed by atoms with Gasteiger partial charge < -0.3 is 19.2 Å². The third-order valence-corrected chi connectivity index (χ3v) is 3.56. The highest BCUT2D eigenvalue weighted by Gasteiger charge is 2.18. The molecule has 1 aromatic carbocycles. The Bertz CT molecular complexity index is 776. The number of carbonyl (C=O) groups is 1. The second kappa shape index (κ2) is 6.19. The van der Waals surface area contributed by atoms with Crippen LogP contribution in [-0.4, -0.2) is 37.2 Å². The lowest BCUT2D eigenvalue weighted by Crippen LogP contribution is -2.17.